The molecule has 2 N–H and O–H groups in total. The normalized spacial score (nSPS) is 41.7. The summed E-state index contributed by atoms with van der Waals surface area (Å²) < 4.78 is 5.92. The van der Waals surface area contributed by atoms with E-state index in [9.17, 15) is 4.79 Å². The van der Waals surface area contributed by atoms with Gasteiger partial charge in [-0.3, -0.25) is 9.69 Å². The Morgan fingerprint density at radius 2 is 1.82 bits per heavy atom. The van der Waals surface area contributed by atoms with Crippen molar-refractivity contribution in [2.45, 2.75) is 57.2 Å². The van der Waals surface area contributed by atoms with E-state index < -0.39 is 5.54 Å². The molecule has 3 unspecified atom stereocenters. The van der Waals surface area contributed by atoms with Crippen LogP contribution in [0.4, 0.5) is 0 Å². The first-order chi connectivity index (χ1) is 10.5. The first-order valence-corrected chi connectivity index (χ1v) is 8.90. The van der Waals surface area contributed by atoms with Gasteiger partial charge in [0.25, 0.3) is 0 Å². The molecule has 124 valence electrons. The number of rotatable bonds is 2. The lowest BCUT2D eigenvalue weighted by Gasteiger charge is -2.66. The molecule has 0 aromatic carbocycles. The van der Waals surface area contributed by atoms with E-state index in [1.165, 1.54) is 12.8 Å². The third-order valence-electron chi connectivity index (χ3n) is 6.70. The number of carbonyl (C=O) groups excluding carboxylic acids is 1. The molecule has 4 rings (SSSR count). The van der Waals surface area contributed by atoms with Crippen LogP contribution in [0, 0.1) is 11.3 Å². The molecule has 4 aliphatic rings. The summed E-state index contributed by atoms with van der Waals surface area (Å²) in [5.74, 6) is 0.366. The number of nitrogens with zero attached hydrogens (tertiary/aromatic N) is 2. The first-order valence-electron chi connectivity index (χ1n) is 8.90. The molecule has 0 radical (unpaired) electrons. The topological polar surface area (TPSA) is 58.8 Å². The van der Waals surface area contributed by atoms with Crippen LogP contribution in [-0.4, -0.2) is 66.2 Å². The van der Waals surface area contributed by atoms with Gasteiger partial charge >= 0.3 is 0 Å². The minimum absolute atomic E-state index is 0.156. The molecular formula is C17H29N3O2. The van der Waals surface area contributed by atoms with Crippen LogP contribution in [0.2, 0.25) is 0 Å². The second-order valence-corrected chi connectivity index (χ2v) is 8.19. The summed E-state index contributed by atoms with van der Waals surface area (Å²) in [6.45, 7) is 8.73. The molecule has 2 saturated carbocycles. The maximum absolute atomic E-state index is 13.2. The Hall–Kier alpha value is -0.650. The summed E-state index contributed by atoms with van der Waals surface area (Å²) in [5, 5.41) is 0. The molecule has 4 fully saturated rings. The SMILES string of the molecule is CC1(C)C2OCCCC2C1(N)C(=O)N1CCN(C2CC2)CC1. The monoisotopic (exact) mass is 307 g/mol. The van der Waals surface area contributed by atoms with Gasteiger partial charge < -0.3 is 15.4 Å². The molecule has 0 spiro atoms. The number of ether oxygens (including phenoxy) is 1. The lowest BCUT2D eigenvalue weighted by Crippen LogP contribution is -2.82. The van der Waals surface area contributed by atoms with Crippen molar-refractivity contribution >= 4 is 5.91 Å². The summed E-state index contributed by atoms with van der Waals surface area (Å²) in [4.78, 5) is 17.7. The van der Waals surface area contributed by atoms with E-state index >= 15 is 0 Å². The van der Waals surface area contributed by atoms with Crippen molar-refractivity contribution in [2.75, 3.05) is 32.8 Å². The predicted molar refractivity (Wildman–Crippen MR) is 84.3 cm³/mol. The molecule has 1 amide bonds. The molecule has 2 heterocycles. The number of carbonyl (C=O) groups is 1. The smallest absolute Gasteiger partial charge is 0.243 e. The van der Waals surface area contributed by atoms with E-state index in [1.807, 2.05) is 4.90 Å². The van der Waals surface area contributed by atoms with Gasteiger partial charge in [-0.05, 0) is 25.7 Å². The van der Waals surface area contributed by atoms with E-state index in [1.54, 1.807) is 0 Å². The van der Waals surface area contributed by atoms with Crippen LogP contribution in [0.5, 0.6) is 0 Å². The molecule has 2 saturated heterocycles. The van der Waals surface area contributed by atoms with Crippen molar-refractivity contribution in [1.29, 1.82) is 0 Å². The summed E-state index contributed by atoms with van der Waals surface area (Å²) in [5.41, 5.74) is 5.73. The van der Waals surface area contributed by atoms with Gasteiger partial charge in [-0.1, -0.05) is 13.8 Å². The third-order valence-corrected chi connectivity index (χ3v) is 6.70. The van der Waals surface area contributed by atoms with Gasteiger partial charge in [-0.15, -0.1) is 0 Å². The zero-order valence-electron chi connectivity index (χ0n) is 13.9. The van der Waals surface area contributed by atoms with Gasteiger partial charge in [0.05, 0.1) is 6.10 Å². The molecule has 2 aliphatic carbocycles. The maximum Gasteiger partial charge on any atom is 0.243 e. The highest BCUT2D eigenvalue weighted by molar-refractivity contribution is 5.89. The molecule has 3 atom stereocenters. The van der Waals surface area contributed by atoms with Gasteiger partial charge in [-0.25, -0.2) is 0 Å². The molecular weight excluding hydrogens is 278 g/mol. The number of piperazine rings is 1. The molecule has 5 nitrogen and oxygen atoms in total. The van der Waals surface area contributed by atoms with E-state index in [2.05, 4.69) is 18.7 Å². The van der Waals surface area contributed by atoms with Gasteiger partial charge in [0.15, 0.2) is 0 Å². The van der Waals surface area contributed by atoms with Crippen LogP contribution in [0.25, 0.3) is 0 Å². The van der Waals surface area contributed by atoms with Crippen LogP contribution in [0.1, 0.15) is 39.5 Å². The Morgan fingerprint density at radius 3 is 2.45 bits per heavy atom. The Kier molecular flexibility index (Phi) is 3.34. The van der Waals surface area contributed by atoms with Crippen molar-refractivity contribution in [3.05, 3.63) is 0 Å². The minimum Gasteiger partial charge on any atom is -0.377 e. The van der Waals surface area contributed by atoms with Crippen LogP contribution < -0.4 is 5.73 Å². The average Bonchev–Trinajstić information content (AvgIpc) is 3.38. The molecule has 2 aliphatic heterocycles. The molecule has 0 bridgehead atoms. The lowest BCUT2D eigenvalue weighted by molar-refractivity contribution is -0.230. The Labute approximate surface area is 133 Å². The highest BCUT2D eigenvalue weighted by atomic mass is 16.5. The Morgan fingerprint density at radius 1 is 1.14 bits per heavy atom. The Bertz CT molecular complexity index is 469. The van der Waals surface area contributed by atoms with Crippen LogP contribution in [0.3, 0.4) is 0 Å². The van der Waals surface area contributed by atoms with Crippen LogP contribution in [-0.2, 0) is 9.53 Å². The fraction of sp³-hybridized carbons (Fsp3) is 0.941. The van der Waals surface area contributed by atoms with Crippen molar-refractivity contribution < 1.29 is 9.53 Å². The fourth-order valence-corrected chi connectivity index (χ4v) is 5.00. The number of fused-ring (bicyclic) bond motifs is 1. The summed E-state index contributed by atoms with van der Waals surface area (Å²) in [7, 11) is 0. The second kappa shape index (κ2) is 4.92. The Balaban J connectivity index is 1.47. The van der Waals surface area contributed by atoms with Gasteiger partial charge in [0, 0.05) is 50.2 Å². The van der Waals surface area contributed by atoms with E-state index in [4.69, 9.17) is 10.5 Å². The molecule has 0 aromatic heterocycles. The van der Waals surface area contributed by atoms with Crippen LogP contribution >= 0.6 is 0 Å². The average molecular weight is 307 g/mol. The van der Waals surface area contributed by atoms with Crippen LogP contribution in [0.15, 0.2) is 0 Å². The second-order valence-electron chi connectivity index (χ2n) is 8.19. The summed E-state index contributed by atoms with van der Waals surface area (Å²) in [6, 6.07) is 0.792. The number of hydrogen-bond donors (Lipinski definition) is 1. The summed E-state index contributed by atoms with van der Waals surface area (Å²) >= 11 is 0. The number of amides is 1. The molecule has 0 aromatic rings. The highest BCUT2D eigenvalue weighted by Gasteiger charge is 2.70. The van der Waals surface area contributed by atoms with Gasteiger partial charge in [0.2, 0.25) is 5.91 Å². The quantitative estimate of drug-likeness (QED) is 0.821. The van der Waals surface area contributed by atoms with Crippen molar-refractivity contribution in [3.8, 4) is 0 Å². The van der Waals surface area contributed by atoms with Gasteiger partial charge in [0.1, 0.15) is 5.54 Å². The predicted octanol–water partition coefficient (Wildman–Crippen LogP) is 0.826. The largest absolute Gasteiger partial charge is 0.377 e. The third kappa shape index (κ3) is 1.91. The summed E-state index contributed by atoms with van der Waals surface area (Å²) in [6.07, 6.45) is 4.88. The fourth-order valence-electron chi connectivity index (χ4n) is 5.00. The molecule has 5 heteroatoms. The van der Waals surface area contributed by atoms with E-state index in [0.717, 1.165) is 51.7 Å². The number of hydrogen-bond acceptors (Lipinski definition) is 4. The van der Waals surface area contributed by atoms with Gasteiger partial charge in [-0.2, -0.15) is 0 Å². The lowest BCUT2D eigenvalue weighted by atomic mass is 9.46. The standard InChI is InChI=1S/C17H29N3O2/c1-16(2)14-13(4-3-11-22-14)17(16,18)15(21)20-9-7-19(8-10-20)12-5-6-12/h12-14H,3-11,18H2,1-2H3. The first kappa shape index (κ1) is 14.9. The zero-order valence-corrected chi connectivity index (χ0v) is 13.9. The molecule has 22 heavy (non-hydrogen) atoms. The van der Waals surface area contributed by atoms with E-state index in [0.29, 0.717) is 0 Å². The van der Waals surface area contributed by atoms with Crippen molar-refractivity contribution in [1.82, 2.24) is 9.80 Å². The zero-order chi connectivity index (χ0) is 15.5. The minimum atomic E-state index is -0.736. The van der Waals surface area contributed by atoms with Crippen molar-refractivity contribution in [3.63, 3.8) is 0 Å². The van der Waals surface area contributed by atoms with E-state index in [-0.39, 0.29) is 23.3 Å². The maximum atomic E-state index is 13.2. The van der Waals surface area contributed by atoms with Crippen molar-refractivity contribution in [2.24, 2.45) is 17.1 Å². The number of nitrogens with two attached hydrogens (primary N) is 1. The highest BCUT2D eigenvalue weighted by Crippen LogP contribution is 2.58.